The summed E-state index contributed by atoms with van der Waals surface area (Å²) in [6, 6.07) is 22.1. The molecule has 1 saturated heterocycles. The number of nitrogens with zero attached hydrogens (tertiary/aromatic N) is 3. The first-order valence-corrected chi connectivity index (χ1v) is 10.9. The molecule has 0 spiro atoms. The second kappa shape index (κ2) is 11.3. The highest BCUT2D eigenvalue weighted by molar-refractivity contribution is 5.71. The van der Waals surface area contributed by atoms with Crippen molar-refractivity contribution in [3.63, 3.8) is 0 Å². The van der Waals surface area contributed by atoms with Gasteiger partial charge in [0, 0.05) is 11.6 Å². The van der Waals surface area contributed by atoms with Crippen LogP contribution >= 0.6 is 0 Å². The van der Waals surface area contributed by atoms with Crippen LogP contribution in [-0.2, 0) is 4.74 Å². The van der Waals surface area contributed by atoms with E-state index in [1.807, 2.05) is 85.5 Å². The summed E-state index contributed by atoms with van der Waals surface area (Å²) < 4.78 is 10.3. The Balaban J connectivity index is 0.000000142. The molecule has 0 atom stereocenters. The van der Waals surface area contributed by atoms with E-state index in [0.29, 0.717) is 11.9 Å². The third-order valence-electron chi connectivity index (χ3n) is 5.21. The number of carbonyl (C=O) groups excluding carboxylic acids is 1. The van der Waals surface area contributed by atoms with Gasteiger partial charge in [-0.15, -0.1) is 10.2 Å². The summed E-state index contributed by atoms with van der Waals surface area (Å²) in [6.07, 6.45) is 7.37. The monoisotopic (exact) mass is 421 g/mol. The van der Waals surface area contributed by atoms with E-state index in [1.165, 1.54) is 25.7 Å². The van der Waals surface area contributed by atoms with E-state index in [1.54, 1.807) is 0 Å². The van der Waals surface area contributed by atoms with Crippen molar-refractivity contribution in [2.24, 2.45) is 0 Å². The van der Waals surface area contributed by atoms with E-state index in [9.17, 15) is 4.79 Å². The number of ether oxygens (including phenoxy) is 1. The summed E-state index contributed by atoms with van der Waals surface area (Å²) in [7, 11) is 0. The Morgan fingerprint density at radius 2 is 1.48 bits per heavy atom. The predicted octanol–water partition coefficient (Wildman–Crippen LogP) is 5.97. The first-order chi connectivity index (χ1) is 15.1. The Morgan fingerprint density at radius 3 is 1.97 bits per heavy atom. The molecule has 1 aliphatic heterocycles. The lowest BCUT2D eigenvalue weighted by atomic mass is 9.94. The van der Waals surface area contributed by atoms with Crippen molar-refractivity contribution in [3.8, 4) is 11.5 Å². The molecule has 31 heavy (non-hydrogen) atoms. The van der Waals surface area contributed by atoms with Gasteiger partial charge in [0.05, 0.1) is 6.54 Å². The Labute approximate surface area is 184 Å². The van der Waals surface area contributed by atoms with Crippen LogP contribution in [0.2, 0.25) is 0 Å². The van der Waals surface area contributed by atoms with Crippen molar-refractivity contribution in [1.82, 2.24) is 15.1 Å². The van der Waals surface area contributed by atoms with Crippen molar-refractivity contribution < 1.29 is 13.9 Å². The predicted molar refractivity (Wildman–Crippen MR) is 120 cm³/mol. The number of cyclic esters (lactones) is 1. The van der Waals surface area contributed by atoms with Gasteiger partial charge in [0.25, 0.3) is 0 Å². The highest BCUT2D eigenvalue weighted by Crippen LogP contribution is 2.30. The highest BCUT2D eigenvalue weighted by atomic mass is 16.6. The molecule has 6 nitrogen and oxygen atoms in total. The molecule has 5 rings (SSSR count). The zero-order chi connectivity index (χ0) is 21.9. The number of carbonyl (C=O) groups is 1. The van der Waals surface area contributed by atoms with Crippen molar-refractivity contribution in [2.75, 3.05) is 6.54 Å². The lowest BCUT2D eigenvalue weighted by Crippen LogP contribution is -2.38. The molecule has 6 heteroatoms. The van der Waals surface area contributed by atoms with Gasteiger partial charge in [-0.3, -0.25) is 0 Å². The fourth-order valence-corrected chi connectivity index (χ4v) is 3.74. The van der Waals surface area contributed by atoms with Crippen LogP contribution in [0.1, 0.15) is 46.0 Å². The lowest BCUT2D eigenvalue weighted by Gasteiger charge is -2.29. The maximum Gasteiger partial charge on any atom is 0.410 e. The summed E-state index contributed by atoms with van der Waals surface area (Å²) in [6.45, 7) is 4.72. The molecule has 1 aromatic heterocycles. The molecule has 0 unspecified atom stereocenters. The Kier molecular flexibility index (Phi) is 8.21. The van der Waals surface area contributed by atoms with Crippen LogP contribution in [0, 0.1) is 0 Å². The molecule has 2 aliphatic rings. The van der Waals surface area contributed by atoms with E-state index in [4.69, 9.17) is 9.15 Å². The summed E-state index contributed by atoms with van der Waals surface area (Å²) in [5.41, 5.74) is 0.666. The summed E-state index contributed by atoms with van der Waals surface area (Å²) in [5.74, 6) is 0.561. The second-order valence-electron chi connectivity index (χ2n) is 8.31. The molecule has 1 saturated carbocycles. The SMILES string of the molecule is CC1(C)CN(C2CCCCC2)C(=O)O1.c1ccc(-c2nnco2)cc1.c1ccccc1. The van der Waals surface area contributed by atoms with Crippen molar-refractivity contribution >= 4 is 6.09 Å². The van der Waals surface area contributed by atoms with Gasteiger partial charge in [0.15, 0.2) is 0 Å². The zero-order valence-electron chi connectivity index (χ0n) is 18.3. The Morgan fingerprint density at radius 1 is 0.903 bits per heavy atom. The van der Waals surface area contributed by atoms with Crippen LogP contribution in [-0.4, -0.2) is 39.4 Å². The van der Waals surface area contributed by atoms with E-state index in [-0.39, 0.29) is 11.7 Å². The number of benzene rings is 2. The standard InChI is InChI=1S/C11H19NO2.C8H6N2O.C6H6/c1-11(2)8-12(10(13)14-11)9-6-4-3-5-7-9;1-2-4-7(5-3-1)8-10-9-6-11-8;1-2-4-6-5-3-1/h9H,3-8H2,1-2H3;1-6H;1-6H. The number of amides is 1. The third-order valence-corrected chi connectivity index (χ3v) is 5.21. The highest BCUT2D eigenvalue weighted by Gasteiger charge is 2.40. The minimum Gasteiger partial charge on any atom is -0.441 e. The Bertz CT molecular complexity index is 850. The van der Waals surface area contributed by atoms with Crippen LogP contribution in [0.25, 0.3) is 11.5 Å². The Hall–Kier alpha value is -3.15. The number of rotatable bonds is 2. The van der Waals surface area contributed by atoms with Crippen LogP contribution in [0.5, 0.6) is 0 Å². The van der Waals surface area contributed by atoms with Crippen molar-refractivity contribution in [3.05, 3.63) is 73.1 Å². The van der Waals surface area contributed by atoms with Gasteiger partial charge in [0.1, 0.15) is 5.60 Å². The average molecular weight is 422 g/mol. The van der Waals surface area contributed by atoms with Crippen LogP contribution in [0.15, 0.2) is 77.5 Å². The topological polar surface area (TPSA) is 68.5 Å². The van der Waals surface area contributed by atoms with Gasteiger partial charge in [-0.25, -0.2) is 4.79 Å². The molecule has 0 radical (unpaired) electrons. The third kappa shape index (κ3) is 7.24. The quantitative estimate of drug-likeness (QED) is 0.510. The lowest BCUT2D eigenvalue weighted by molar-refractivity contribution is 0.0849. The maximum atomic E-state index is 11.6. The van der Waals surface area contributed by atoms with Gasteiger partial charge in [0.2, 0.25) is 12.3 Å². The van der Waals surface area contributed by atoms with Crippen LogP contribution in [0.4, 0.5) is 4.79 Å². The molecule has 3 aromatic rings. The molecule has 1 aliphatic carbocycles. The number of aromatic nitrogens is 2. The van der Waals surface area contributed by atoms with Crippen LogP contribution in [0.3, 0.4) is 0 Å². The number of hydrogen-bond donors (Lipinski definition) is 0. The van der Waals surface area contributed by atoms with Crippen LogP contribution < -0.4 is 0 Å². The maximum absolute atomic E-state index is 11.6. The smallest absolute Gasteiger partial charge is 0.410 e. The fraction of sp³-hybridized carbons (Fsp3) is 0.400. The van der Waals surface area contributed by atoms with Crippen molar-refractivity contribution in [1.29, 1.82) is 0 Å². The minimum absolute atomic E-state index is 0.109. The molecular formula is C25H31N3O3. The first-order valence-electron chi connectivity index (χ1n) is 10.9. The zero-order valence-corrected chi connectivity index (χ0v) is 18.3. The van der Waals surface area contributed by atoms with E-state index < -0.39 is 0 Å². The van der Waals surface area contributed by atoms with Gasteiger partial charge in [-0.05, 0) is 38.8 Å². The largest absolute Gasteiger partial charge is 0.441 e. The molecule has 2 fully saturated rings. The van der Waals surface area contributed by atoms with Gasteiger partial charge in [-0.1, -0.05) is 73.9 Å². The summed E-state index contributed by atoms with van der Waals surface area (Å²) in [4.78, 5) is 13.5. The molecule has 0 bridgehead atoms. The molecular weight excluding hydrogens is 390 g/mol. The van der Waals surface area contributed by atoms with Crippen molar-refractivity contribution in [2.45, 2.75) is 57.6 Å². The summed E-state index contributed by atoms with van der Waals surface area (Å²) >= 11 is 0. The van der Waals surface area contributed by atoms with Gasteiger partial charge >= 0.3 is 6.09 Å². The second-order valence-corrected chi connectivity index (χ2v) is 8.31. The average Bonchev–Trinajstić information content (AvgIpc) is 3.44. The molecule has 1 amide bonds. The molecule has 0 N–H and O–H groups in total. The number of hydrogen-bond acceptors (Lipinski definition) is 5. The van der Waals surface area contributed by atoms with Gasteiger partial charge < -0.3 is 14.1 Å². The van der Waals surface area contributed by atoms with E-state index >= 15 is 0 Å². The first kappa shape index (κ1) is 22.5. The minimum atomic E-state index is -0.283. The molecule has 2 heterocycles. The van der Waals surface area contributed by atoms with Gasteiger partial charge in [-0.2, -0.15) is 0 Å². The molecule has 2 aromatic carbocycles. The van der Waals surface area contributed by atoms with E-state index in [2.05, 4.69) is 10.2 Å². The normalized spacial score (nSPS) is 17.6. The molecule has 164 valence electrons. The summed E-state index contributed by atoms with van der Waals surface area (Å²) in [5, 5.41) is 7.35. The fourth-order valence-electron chi connectivity index (χ4n) is 3.74. The van der Waals surface area contributed by atoms with E-state index in [0.717, 1.165) is 24.9 Å².